The molecule has 1 atom stereocenters. The molecule has 112 valence electrons. The molecule has 0 amide bonds. The highest BCUT2D eigenvalue weighted by Crippen LogP contribution is 2.50. The van der Waals surface area contributed by atoms with E-state index in [1.54, 1.807) is 0 Å². The molecule has 0 fully saturated rings. The van der Waals surface area contributed by atoms with Crippen LogP contribution in [-0.2, 0) is 5.41 Å². The summed E-state index contributed by atoms with van der Waals surface area (Å²) in [6, 6.07) is 21.7. The molecule has 0 saturated heterocycles. The predicted octanol–water partition coefficient (Wildman–Crippen LogP) is 6.01. The fourth-order valence-corrected chi connectivity index (χ4v) is 3.48. The van der Waals surface area contributed by atoms with Crippen molar-refractivity contribution in [2.24, 2.45) is 5.41 Å². The summed E-state index contributed by atoms with van der Waals surface area (Å²) in [5.74, 6) is 0. The maximum Gasteiger partial charge on any atom is 0.0224 e. The fraction of sp³-hybridized carbons (Fsp3) is 0.273. The van der Waals surface area contributed by atoms with Gasteiger partial charge in [-0.1, -0.05) is 99.7 Å². The summed E-state index contributed by atoms with van der Waals surface area (Å²) in [6.45, 7) is 7.04. The van der Waals surface area contributed by atoms with E-state index < -0.39 is 0 Å². The van der Waals surface area contributed by atoms with E-state index in [0.717, 1.165) is 6.42 Å². The Balaban J connectivity index is 2.08. The maximum atomic E-state index is 2.40. The van der Waals surface area contributed by atoms with Gasteiger partial charge in [0.05, 0.1) is 0 Å². The van der Waals surface area contributed by atoms with Crippen LogP contribution in [0, 0.1) is 5.41 Å². The zero-order valence-electron chi connectivity index (χ0n) is 13.7. The van der Waals surface area contributed by atoms with Gasteiger partial charge in [-0.05, 0) is 28.5 Å². The van der Waals surface area contributed by atoms with Gasteiger partial charge in [0.2, 0.25) is 0 Å². The molecule has 0 nitrogen and oxygen atoms in total. The van der Waals surface area contributed by atoms with Gasteiger partial charge in [0.1, 0.15) is 0 Å². The Morgan fingerprint density at radius 3 is 2.00 bits per heavy atom. The molecule has 0 N–H and O–H groups in total. The Morgan fingerprint density at radius 2 is 1.41 bits per heavy atom. The standard InChI is InChI=1S/C22H24/c1-21(2,3)22(20-14-8-5-9-15-20)16-10-13-19(17-22)18-11-6-4-7-12-18/h4-16H,17H2,1-3H3. The lowest BCUT2D eigenvalue weighted by Crippen LogP contribution is -2.39. The third-order valence-electron chi connectivity index (χ3n) is 4.92. The van der Waals surface area contributed by atoms with Crippen LogP contribution in [0.2, 0.25) is 0 Å². The molecule has 1 aliphatic rings. The van der Waals surface area contributed by atoms with Crippen molar-refractivity contribution >= 4 is 5.57 Å². The summed E-state index contributed by atoms with van der Waals surface area (Å²) in [5, 5.41) is 0. The number of benzene rings is 2. The molecule has 22 heavy (non-hydrogen) atoms. The summed E-state index contributed by atoms with van der Waals surface area (Å²) in [6.07, 6.45) is 7.95. The van der Waals surface area contributed by atoms with Crippen LogP contribution in [0.1, 0.15) is 38.3 Å². The molecule has 0 saturated carbocycles. The van der Waals surface area contributed by atoms with E-state index in [2.05, 4.69) is 99.7 Å². The van der Waals surface area contributed by atoms with Gasteiger partial charge < -0.3 is 0 Å². The summed E-state index contributed by atoms with van der Waals surface area (Å²) in [7, 11) is 0. The smallest absolute Gasteiger partial charge is 0.0224 e. The third kappa shape index (κ3) is 2.54. The van der Waals surface area contributed by atoms with Gasteiger partial charge in [-0.25, -0.2) is 0 Å². The Labute approximate surface area is 134 Å². The summed E-state index contributed by atoms with van der Waals surface area (Å²) in [4.78, 5) is 0. The van der Waals surface area contributed by atoms with Gasteiger partial charge in [-0.2, -0.15) is 0 Å². The summed E-state index contributed by atoms with van der Waals surface area (Å²) in [5.41, 5.74) is 4.34. The largest absolute Gasteiger partial charge is 0.0731 e. The van der Waals surface area contributed by atoms with E-state index in [9.17, 15) is 0 Å². The number of rotatable bonds is 2. The van der Waals surface area contributed by atoms with Crippen molar-refractivity contribution in [3.05, 3.63) is 90.0 Å². The first kappa shape index (κ1) is 14.8. The topological polar surface area (TPSA) is 0 Å². The highest BCUT2D eigenvalue weighted by Gasteiger charge is 2.42. The highest BCUT2D eigenvalue weighted by atomic mass is 14.5. The second kappa shape index (κ2) is 5.61. The maximum absolute atomic E-state index is 2.40. The van der Waals surface area contributed by atoms with Crippen LogP contribution in [0.3, 0.4) is 0 Å². The minimum Gasteiger partial charge on any atom is -0.0731 e. The van der Waals surface area contributed by atoms with Gasteiger partial charge in [-0.15, -0.1) is 0 Å². The van der Waals surface area contributed by atoms with E-state index in [1.807, 2.05) is 0 Å². The lowest BCUT2D eigenvalue weighted by molar-refractivity contribution is 0.240. The van der Waals surface area contributed by atoms with Crippen LogP contribution in [-0.4, -0.2) is 0 Å². The molecular formula is C22H24. The Kier molecular flexibility index (Phi) is 3.78. The number of hydrogen-bond acceptors (Lipinski definition) is 0. The molecule has 2 aromatic carbocycles. The second-order valence-corrected chi connectivity index (χ2v) is 7.18. The van der Waals surface area contributed by atoms with Crippen LogP contribution in [0.5, 0.6) is 0 Å². The van der Waals surface area contributed by atoms with Crippen molar-refractivity contribution in [1.29, 1.82) is 0 Å². The Morgan fingerprint density at radius 1 is 0.818 bits per heavy atom. The predicted molar refractivity (Wildman–Crippen MR) is 95.8 cm³/mol. The van der Waals surface area contributed by atoms with Crippen molar-refractivity contribution < 1.29 is 0 Å². The number of allylic oxidation sites excluding steroid dienone is 4. The van der Waals surface area contributed by atoms with Gasteiger partial charge in [0.15, 0.2) is 0 Å². The van der Waals surface area contributed by atoms with Gasteiger partial charge in [-0.3, -0.25) is 0 Å². The second-order valence-electron chi connectivity index (χ2n) is 7.18. The molecule has 1 unspecified atom stereocenters. The van der Waals surface area contributed by atoms with Crippen LogP contribution < -0.4 is 0 Å². The molecule has 1 aliphatic carbocycles. The molecule has 0 aromatic heterocycles. The van der Waals surface area contributed by atoms with Crippen LogP contribution >= 0.6 is 0 Å². The molecule has 3 rings (SSSR count). The quantitative estimate of drug-likeness (QED) is 0.634. The minimum atomic E-state index is 0.0359. The molecular weight excluding hydrogens is 264 g/mol. The van der Waals surface area contributed by atoms with E-state index in [0.29, 0.717) is 0 Å². The number of hydrogen-bond donors (Lipinski definition) is 0. The molecule has 2 aromatic rings. The van der Waals surface area contributed by atoms with Crippen molar-refractivity contribution in [2.75, 3.05) is 0 Å². The molecule has 0 bridgehead atoms. The first-order valence-electron chi connectivity index (χ1n) is 8.02. The first-order valence-corrected chi connectivity index (χ1v) is 8.02. The van der Waals surface area contributed by atoms with E-state index >= 15 is 0 Å². The molecule has 0 heterocycles. The van der Waals surface area contributed by atoms with Crippen molar-refractivity contribution in [1.82, 2.24) is 0 Å². The van der Waals surface area contributed by atoms with Crippen LogP contribution in [0.4, 0.5) is 0 Å². The third-order valence-corrected chi connectivity index (χ3v) is 4.92. The molecule has 0 radical (unpaired) electrons. The van der Waals surface area contributed by atoms with Crippen molar-refractivity contribution in [3.8, 4) is 0 Å². The van der Waals surface area contributed by atoms with E-state index in [4.69, 9.17) is 0 Å². The zero-order valence-corrected chi connectivity index (χ0v) is 13.7. The Bertz CT molecular complexity index is 684. The first-order chi connectivity index (χ1) is 10.5. The van der Waals surface area contributed by atoms with Crippen LogP contribution in [0.25, 0.3) is 5.57 Å². The lowest BCUT2D eigenvalue weighted by Gasteiger charge is -2.45. The monoisotopic (exact) mass is 288 g/mol. The SMILES string of the molecule is CC(C)(C)C1(c2ccccc2)C=CC=C(c2ccccc2)C1. The van der Waals surface area contributed by atoms with Gasteiger partial charge in [0, 0.05) is 5.41 Å². The fourth-order valence-electron chi connectivity index (χ4n) is 3.48. The lowest BCUT2D eigenvalue weighted by atomic mass is 9.58. The van der Waals surface area contributed by atoms with E-state index in [-0.39, 0.29) is 10.8 Å². The normalized spacial score (nSPS) is 21.5. The Hall–Kier alpha value is -2.08. The summed E-state index contributed by atoms with van der Waals surface area (Å²) >= 11 is 0. The molecule has 0 aliphatic heterocycles. The van der Waals surface area contributed by atoms with Gasteiger partial charge in [0.25, 0.3) is 0 Å². The van der Waals surface area contributed by atoms with Crippen molar-refractivity contribution in [2.45, 2.75) is 32.6 Å². The highest BCUT2D eigenvalue weighted by molar-refractivity contribution is 5.71. The molecule has 0 heteroatoms. The average Bonchev–Trinajstić information content (AvgIpc) is 2.55. The zero-order chi connectivity index (χ0) is 15.6. The molecule has 0 spiro atoms. The average molecular weight is 288 g/mol. The minimum absolute atomic E-state index is 0.0359. The van der Waals surface area contributed by atoms with Crippen LogP contribution in [0.15, 0.2) is 78.9 Å². The van der Waals surface area contributed by atoms with E-state index in [1.165, 1.54) is 16.7 Å². The van der Waals surface area contributed by atoms with Crippen molar-refractivity contribution in [3.63, 3.8) is 0 Å². The summed E-state index contributed by atoms with van der Waals surface area (Å²) < 4.78 is 0. The van der Waals surface area contributed by atoms with Gasteiger partial charge >= 0.3 is 0 Å².